The number of benzene rings is 1. The molecular formula is C19H26F2N2O4. The van der Waals surface area contributed by atoms with Gasteiger partial charge in [0.05, 0.1) is 19.8 Å². The quantitative estimate of drug-likeness (QED) is 0.722. The standard InChI is InChI=1S/C19H26F2N2O4/c1-22(11-14-4-6-16(7-5-14)27-19(20)21)17(24)13-23-8-2-3-15(12-23)18-25-9-10-26-18/h4-7,15,18-19H,2-3,8-13H2,1H3. The number of likely N-dealkylation sites (N-methyl/N-ethyl adjacent to an activating group) is 1. The average molecular weight is 384 g/mol. The molecule has 2 aliphatic heterocycles. The molecule has 2 aliphatic rings. The van der Waals surface area contributed by atoms with Crippen LogP contribution in [0.5, 0.6) is 5.75 Å². The lowest BCUT2D eigenvalue weighted by Crippen LogP contribution is -2.45. The van der Waals surface area contributed by atoms with E-state index in [1.54, 1.807) is 24.1 Å². The van der Waals surface area contributed by atoms with E-state index in [-0.39, 0.29) is 17.9 Å². The second-order valence-electron chi connectivity index (χ2n) is 7.02. The Kier molecular flexibility index (Phi) is 6.98. The van der Waals surface area contributed by atoms with Crippen molar-refractivity contribution < 1.29 is 27.8 Å². The Morgan fingerprint density at radius 1 is 1.30 bits per heavy atom. The van der Waals surface area contributed by atoms with Crippen LogP contribution in [0.15, 0.2) is 24.3 Å². The van der Waals surface area contributed by atoms with Gasteiger partial charge in [0.25, 0.3) is 0 Å². The molecule has 2 saturated heterocycles. The molecule has 1 amide bonds. The normalized spacial score (nSPS) is 21.6. The molecule has 27 heavy (non-hydrogen) atoms. The number of hydrogen-bond acceptors (Lipinski definition) is 5. The van der Waals surface area contributed by atoms with Gasteiger partial charge < -0.3 is 19.1 Å². The van der Waals surface area contributed by atoms with E-state index in [0.717, 1.165) is 31.5 Å². The SMILES string of the molecule is CN(Cc1ccc(OC(F)F)cc1)C(=O)CN1CCCC(C2OCCO2)C1. The van der Waals surface area contributed by atoms with E-state index >= 15 is 0 Å². The molecule has 0 saturated carbocycles. The highest BCUT2D eigenvalue weighted by molar-refractivity contribution is 5.78. The molecule has 8 heteroatoms. The molecule has 1 unspecified atom stereocenters. The number of nitrogens with zero attached hydrogens (tertiary/aromatic N) is 2. The zero-order valence-electron chi connectivity index (χ0n) is 15.5. The maximum Gasteiger partial charge on any atom is 0.387 e. The molecular weight excluding hydrogens is 358 g/mol. The first-order valence-corrected chi connectivity index (χ1v) is 9.24. The van der Waals surface area contributed by atoms with Gasteiger partial charge in [-0.1, -0.05) is 12.1 Å². The number of carbonyl (C=O) groups is 1. The summed E-state index contributed by atoms with van der Waals surface area (Å²) in [4.78, 5) is 16.4. The van der Waals surface area contributed by atoms with Crippen molar-refractivity contribution in [3.8, 4) is 5.75 Å². The molecule has 150 valence electrons. The first-order chi connectivity index (χ1) is 13.0. The van der Waals surface area contributed by atoms with Gasteiger partial charge in [0.1, 0.15) is 5.75 Å². The van der Waals surface area contributed by atoms with E-state index in [1.807, 2.05) is 0 Å². The maximum absolute atomic E-state index is 12.6. The van der Waals surface area contributed by atoms with Crippen molar-refractivity contribution in [2.24, 2.45) is 5.92 Å². The summed E-state index contributed by atoms with van der Waals surface area (Å²) >= 11 is 0. The smallest absolute Gasteiger partial charge is 0.387 e. The van der Waals surface area contributed by atoms with Gasteiger partial charge in [-0.05, 0) is 37.1 Å². The van der Waals surface area contributed by atoms with E-state index in [9.17, 15) is 13.6 Å². The van der Waals surface area contributed by atoms with Crippen LogP contribution in [-0.2, 0) is 20.8 Å². The third kappa shape index (κ3) is 5.85. The van der Waals surface area contributed by atoms with E-state index in [2.05, 4.69) is 9.64 Å². The monoisotopic (exact) mass is 384 g/mol. The third-order valence-corrected chi connectivity index (χ3v) is 4.93. The molecule has 0 bridgehead atoms. The zero-order chi connectivity index (χ0) is 19.2. The topological polar surface area (TPSA) is 51.2 Å². The minimum Gasteiger partial charge on any atom is -0.435 e. The number of alkyl halides is 2. The van der Waals surface area contributed by atoms with Crippen molar-refractivity contribution in [3.63, 3.8) is 0 Å². The summed E-state index contributed by atoms with van der Waals surface area (Å²) in [5.74, 6) is 0.442. The summed E-state index contributed by atoms with van der Waals surface area (Å²) in [5, 5.41) is 0. The largest absolute Gasteiger partial charge is 0.435 e. The molecule has 6 nitrogen and oxygen atoms in total. The Hall–Kier alpha value is -1.77. The third-order valence-electron chi connectivity index (χ3n) is 4.93. The van der Waals surface area contributed by atoms with Crippen LogP contribution in [0, 0.1) is 5.92 Å². The second-order valence-corrected chi connectivity index (χ2v) is 7.02. The molecule has 0 spiro atoms. The Morgan fingerprint density at radius 3 is 2.67 bits per heavy atom. The predicted octanol–water partition coefficient (Wildman–Crippen LogP) is 2.33. The van der Waals surface area contributed by atoms with Crippen LogP contribution < -0.4 is 4.74 Å². The fourth-order valence-electron chi connectivity index (χ4n) is 3.56. The van der Waals surface area contributed by atoms with Gasteiger partial charge >= 0.3 is 6.61 Å². The van der Waals surface area contributed by atoms with E-state index in [0.29, 0.717) is 32.2 Å². The van der Waals surface area contributed by atoms with Crippen LogP contribution in [0.2, 0.25) is 0 Å². The number of rotatable bonds is 7. The molecule has 3 rings (SSSR count). The number of ether oxygens (including phenoxy) is 3. The zero-order valence-corrected chi connectivity index (χ0v) is 15.5. The lowest BCUT2D eigenvalue weighted by Gasteiger charge is -2.35. The molecule has 1 aromatic rings. The van der Waals surface area contributed by atoms with Gasteiger partial charge in [-0.25, -0.2) is 0 Å². The second kappa shape index (κ2) is 9.43. The van der Waals surface area contributed by atoms with Crippen LogP contribution in [0.25, 0.3) is 0 Å². The van der Waals surface area contributed by atoms with Gasteiger partial charge in [-0.2, -0.15) is 8.78 Å². The highest BCUT2D eigenvalue weighted by Gasteiger charge is 2.31. The van der Waals surface area contributed by atoms with E-state index < -0.39 is 6.61 Å². The highest BCUT2D eigenvalue weighted by Crippen LogP contribution is 2.25. The Morgan fingerprint density at radius 2 is 2.00 bits per heavy atom. The van der Waals surface area contributed by atoms with Gasteiger partial charge in [0, 0.05) is 26.1 Å². The lowest BCUT2D eigenvalue weighted by atomic mass is 9.97. The molecule has 2 fully saturated rings. The van der Waals surface area contributed by atoms with E-state index in [4.69, 9.17) is 9.47 Å². The first-order valence-electron chi connectivity index (χ1n) is 9.24. The number of amides is 1. The van der Waals surface area contributed by atoms with Crippen LogP contribution in [-0.4, -0.2) is 68.5 Å². The Bertz CT molecular complexity index is 608. The number of carbonyl (C=O) groups excluding carboxylic acids is 1. The Balaban J connectivity index is 1.47. The summed E-state index contributed by atoms with van der Waals surface area (Å²) in [7, 11) is 1.75. The van der Waals surface area contributed by atoms with Crippen molar-refractivity contribution >= 4 is 5.91 Å². The van der Waals surface area contributed by atoms with Crippen molar-refractivity contribution in [2.45, 2.75) is 32.3 Å². The number of likely N-dealkylation sites (tertiary alicyclic amines) is 1. The van der Waals surface area contributed by atoms with Gasteiger partial charge in [-0.3, -0.25) is 9.69 Å². The molecule has 0 radical (unpaired) electrons. The Labute approximate surface area is 158 Å². The lowest BCUT2D eigenvalue weighted by molar-refractivity contribution is -0.134. The van der Waals surface area contributed by atoms with Gasteiger partial charge in [0.15, 0.2) is 6.29 Å². The number of hydrogen-bond donors (Lipinski definition) is 0. The summed E-state index contributed by atoms with van der Waals surface area (Å²) < 4.78 is 39.9. The van der Waals surface area contributed by atoms with Gasteiger partial charge in [-0.15, -0.1) is 0 Å². The molecule has 2 heterocycles. The summed E-state index contributed by atoms with van der Waals surface area (Å²) in [6.45, 7) is 0.903. The summed E-state index contributed by atoms with van der Waals surface area (Å²) in [6, 6.07) is 6.34. The summed E-state index contributed by atoms with van der Waals surface area (Å²) in [6.07, 6.45) is 1.93. The van der Waals surface area contributed by atoms with Gasteiger partial charge in [0.2, 0.25) is 5.91 Å². The van der Waals surface area contributed by atoms with Crippen LogP contribution in [0.4, 0.5) is 8.78 Å². The summed E-state index contributed by atoms with van der Waals surface area (Å²) in [5.41, 5.74) is 0.858. The van der Waals surface area contributed by atoms with Crippen LogP contribution >= 0.6 is 0 Å². The van der Waals surface area contributed by atoms with Crippen LogP contribution in [0.3, 0.4) is 0 Å². The minimum absolute atomic E-state index is 0.0248. The van der Waals surface area contributed by atoms with Crippen molar-refractivity contribution in [2.75, 3.05) is 39.9 Å². The van der Waals surface area contributed by atoms with E-state index in [1.165, 1.54) is 12.1 Å². The number of halogens is 2. The van der Waals surface area contributed by atoms with Crippen LogP contribution in [0.1, 0.15) is 18.4 Å². The molecule has 1 aromatic carbocycles. The van der Waals surface area contributed by atoms with Crippen molar-refractivity contribution in [3.05, 3.63) is 29.8 Å². The fraction of sp³-hybridized carbons (Fsp3) is 0.632. The van der Waals surface area contributed by atoms with Crippen molar-refractivity contribution in [1.29, 1.82) is 0 Å². The van der Waals surface area contributed by atoms with Crippen molar-refractivity contribution in [1.82, 2.24) is 9.80 Å². The average Bonchev–Trinajstić information content (AvgIpc) is 3.18. The maximum atomic E-state index is 12.6. The molecule has 0 aromatic heterocycles. The first kappa shape index (κ1) is 20.0. The molecule has 0 N–H and O–H groups in total. The fourth-order valence-corrected chi connectivity index (χ4v) is 3.56. The minimum atomic E-state index is -2.84. The molecule has 1 atom stereocenters. The predicted molar refractivity (Wildman–Crippen MR) is 94.4 cm³/mol. The molecule has 0 aliphatic carbocycles. The highest BCUT2D eigenvalue weighted by atomic mass is 19.3. The number of piperidine rings is 1.